The second kappa shape index (κ2) is 6.50. The molecular formula is C14H22O5. The topological polar surface area (TPSA) is 76.0 Å². The molecule has 0 aromatic heterocycles. The maximum Gasteiger partial charge on any atom is 0.338 e. The normalized spacial score (nSPS) is 34.1. The number of carbonyl (C=O) groups is 1. The quantitative estimate of drug-likeness (QED) is 0.570. The fourth-order valence-corrected chi connectivity index (χ4v) is 2.73. The van der Waals surface area contributed by atoms with Crippen molar-refractivity contribution in [1.82, 2.24) is 0 Å². The van der Waals surface area contributed by atoms with Gasteiger partial charge in [-0.3, -0.25) is 0 Å². The van der Waals surface area contributed by atoms with Crippen LogP contribution in [0.5, 0.6) is 0 Å². The molecule has 1 saturated heterocycles. The lowest BCUT2D eigenvalue weighted by Crippen LogP contribution is -2.39. The first-order valence-electron chi connectivity index (χ1n) is 7.00. The van der Waals surface area contributed by atoms with Crippen LogP contribution in [0.15, 0.2) is 12.2 Å². The maximum atomic E-state index is 11.5. The van der Waals surface area contributed by atoms with Crippen LogP contribution in [0.25, 0.3) is 0 Å². The number of carbonyl (C=O) groups excluding carboxylic acids is 1. The lowest BCUT2D eigenvalue weighted by Gasteiger charge is -2.18. The molecule has 4 atom stereocenters. The summed E-state index contributed by atoms with van der Waals surface area (Å²) in [6.07, 6.45) is 4.30. The monoisotopic (exact) mass is 270 g/mol. The number of cyclic esters (lactones) is 1. The number of hydrogen-bond acceptors (Lipinski definition) is 5. The fraction of sp³-hybridized carbons (Fsp3) is 0.786. The Morgan fingerprint density at radius 2 is 2.16 bits per heavy atom. The van der Waals surface area contributed by atoms with E-state index in [9.17, 15) is 15.0 Å². The van der Waals surface area contributed by atoms with E-state index in [0.29, 0.717) is 12.5 Å². The van der Waals surface area contributed by atoms with E-state index in [1.54, 1.807) is 13.0 Å². The molecular weight excluding hydrogens is 248 g/mol. The average Bonchev–Trinajstić information content (AvgIpc) is 2.99. The van der Waals surface area contributed by atoms with Gasteiger partial charge < -0.3 is 19.7 Å². The Kier molecular flexibility index (Phi) is 4.96. The molecule has 0 aromatic rings. The van der Waals surface area contributed by atoms with Crippen LogP contribution in [0.2, 0.25) is 0 Å². The predicted octanol–water partition coefficient (Wildman–Crippen LogP) is 0.785. The van der Waals surface area contributed by atoms with Crippen LogP contribution >= 0.6 is 0 Å². The Bertz CT molecular complexity index is 335. The zero-order valence-corrected chi connectivity index (χ0v) is 11.2. The number of aliphatic hydroxyl groups excluding tert-OH is 2. The first-order valence-corrected chi connectivity index (χ1v) is 7.00. The number of ether oxygens (including phenoxy) is 2. The Morgan fingerprint density at radius 1 is 1.47 bits per heavy atom. The van der Waals surface area contributed by atoms with E-state index in [4.69, 9.17) is 9.47 Å². The van der Waals surface area contributed by atoms with Crippen LogP contribution in [-0.2, 0) is 14.3 Å². The van der Waals surface area contributed by atoms with E-state index >= 15 is 0 Å². The van der Waals surface area contributed by atoms with Crippen molar-refractivity contribution >= 4 is 5.97 Å². The molecule has 0 amide bonds. The van der Waals surface area contributed by atoms with Crippen LogP contribution in [-0.4, -0.2) is 47.2 Å². The summed E-state index contributed by atoms with van der Waals surface area (Å²) in [5.74, 6) is -0.112. The minimum absolute atomic E-state index is 0.317. The van der Waals surface area contributed by atoms with Gasteiger partial charge in [-0.25, -0.2) is 4.79 Å². The predicted molar refractivity (Wildman–Crippen MR) is 68.4 cm³/mol. The van der Waals surface area contributed by atoms with Crippen molar-refractivity contribution in [1.29, 1.82) is 0 Å². The summed E-state index contributed by atoms with van der Waals surface area (Å²) in [5.41, 5.74) is 0. The van der Waals surface area contributed by atoms with Crippen molar-refractivity contribution < 1.29 is 24.5 Å². The molecule has 1 saturated carbocycles. The minimum atomic E-state index is -1.12. The lowest BCUT2D eigenvalue weighted by molar-refractivity contribution is -0.151. The molecule has 1 aliphatic heterocycles. The highest BCUT2D eigenvalue weighted by Gasteiger charge is 2.47. The van der Waals surface area contributed by atoms with E-state index in [0.717, 1.165) is 12.8 Å². The van der Waals surface area contributed by atoms with Crippen molar-refractivity contribution in [2.45, 2.75) is 57.0 Å². The van der Waals surface area contributed by atoms with Gasteiger partial charge in [0.05, 0.1) is 0 Å². The number of rotatable bonds is 5. The molecule has 2 fully saturated rings. The van der Waals surface area contributed by atoms with Gasteiger partial charge in [0.2, 0.25) is 0 Å². The Labute approximate surface area is 113 Å². The molecule has 1 aliphatic carbocycles. The van der Waals surface area contributed by atoms with Gasteiger partial charge >= 0.3 is 5.97 Å². The highest BCUT2D eigenvalue weighted by Crippen LogP contribution is 2.27. The molecule has 1 unspecified atom stereocenters. The fourth-order valence-electron chi connectivity index (χ4n) is 2.73. The van der Waals surface area contributed by atoms with Crippen molar-refractivity contribution in [3.8, 4) is 0 Å². The molecule has 5 heteroatoms. The van der Waals surface area contributed by atoms with Crippen LogP contribution in [0.1, 0.15) is 32.6 Å². The molecule has 0 aromatic carbocycles. The summed E-state index contributed by atoms with van der Waals surface area (Å²) in [4.78, 5) is 11.5. The van der Waals surface area contributed by atoms with Gasteiger partial charge in [-0.2, -0.15) is 0 Å². The van der Waals surface area contributed by atoms with E-state index in [2.05, 4.69) is 0 Å². The third kappa shape index (κ3) is 3.35. The van der Waals surface area contributed by atoms with Crippen LogP contribution in [0.3, 0.4) is 0 Å². The van der Waals surface area contributed by atoms with Gasteiger partial charge in [0, 0.05) is 6.61 Å². The van der Waals surface area contributed by atoms with Gasteiger partial charge in [0.1, 0.15) is 12.2 Å². The molecule has 2 aliphatic rings. The standard InChI is InChI=1S/C14H22O5/c1-2-18-13-11(16)12(19-14(13)17)10(15)8-7-9-5-3-4-6-9/h7-13,15-16H,2-6H2,1H3/b8-7+/t10-,11?,12+,13-/m1/s1. The van der Waals surface area contributed by atoms with Gasteiger partial charge in [0.25, 0.3) is 0 Å². The van der Waals surface area contributed by atoms with Gasteiger partial charge in [-0.1, -0.05) is 25.0 Å². The van der Waals surface area contributed by atoms with E-state index in [1.165, 1.54) is 12.8 Å². The highest BCUT2D eigenvalue weighted by molar-refractivity contribution is 5.78. The van der Waals surface area contributed by atoms with Gasteiger partial charge in [0.15, 0.2) is 12.2 Å². The number of esters is 1. The lowest BCUT2D eigenvalue weighted by atomic mass is 10.0. The van der Waals surface area contributed by atoms with Gasteiger partial charge in [-0.15, -0.1) is 0 Å². The Hall–Kier alpha value is -0.910. The molecule has 0 spiro atoms. The second-order valence-corrected chi connectivity index (χ2v) is 5.19. The number of hydrogen-bond donors (Lipinski definition) is 2. The summed E-state index contributed by atoms with van der Waals surface area (Å²) >= 11 is 0. The van der Waals surface area contributed by atoms with Crippen LogP contribution in [0, 0.1) is 5.92 Å². The highest BCUT2D eigenvalue weighted by atomic mass is 16.6. The third-order valence-corrected chi connectivity index (χ3v) is 3.79. The Balaban J connectivity index is 1.91. The van der Waals surface area contributed by atoms with Crippen molar-refractivity contribution in [3.63, 3.8) is 0 Å². The van der Waals surface area contributed by atoms with Gasteiger partial charge in [-0.05, 0) is 25.7 Å². The van der Waals surface area contributed by atoms with Crippen molar-refractivity contribution in [3.05, 3.63) is 12.2 Å². The first-order chi connectivity index (χ1) is 9.13. The van der Waals surface area contributed by atoms with E-state index in [1.807, 2.05) is 6.08 Å². The summed E-state index contributed by atoms with van der Waals surface area (Å²) in [5, 5.41) is 20.0. The number of allylic oxidation sites excluding steroid dienone is 1. The number of aliphatic hydroxyl groups is 2. The molecule has 5 nitrogen and oxygen atoms in total. The summed E-state index contributed by atoms with van der Waals surface area (Å²) < 4.78 is 10.1. The second-order valence-electron chi connectivity index (χ2n) is 5.19. The average molecular weight is 270 g/mol. The zero-order chi connectivity index (χ0) is 13.8. The van der Waals surface area contributed by atoms with Crippen molar-refractivity contribution in [2.75, 3.05) is 6.61 Å². The molecule has 0 bridgehead atoms. The van der Waals surface area contributed by atoms with Crippen LogP contribution < -0.4 is 0 Å². The summed E-state index contributed by atoms with van der Waals surface area (Å²) in [6.45, 7) is 2.06. The smallest absolute Gasteiger partial charge is 0.338 e. The molecule has 2 N–H and O–H groups in total. The Morgan fingerprint density at radius 3 is 2.79 bits per heavy atom. The largest absolute Gasteiger partial charge is 0.454 e. The van der Waals surface area contributed by atoms with E-state index < -0.39 is 30.4 Å². The molecule has 2 rings (SSSR count). The zero-order valence-electron chi connectivity index (χ0n) is 11.2. The molecule has 0 radical (unpaired) electrons. The van der Waals surface area contributed by atoms with Crippen molar-refractivity contribution in [2.24, 2.45) is 5.92 Å². The first kappa shape index (κ1) is 14.5. The SMILES string of the molecule is CCO[C@H]1C(=O)O[C@@H]([C@H](O)/C=C/C2CCCC2)C1O. The molecule has 19 heavy (non-hydrogen) atoms. The summed E-state index contributed by atoms with van der Waals surface area (Å²) in [7, 11) is 0. The molecule has 108 valence electrons. The van der Waals surface area contributed by atoms with E-state index in [-0.39, 0.29) is 0 Å². The third-order valence-electron chi connectivity index (χ3n) is 3.79. The summed E-state index contributed by atoms with van der Waals surface area (Å²) in [6, 6.07) is 0. The van der Waals surface area contributed by atoms with Crippen LogP contribution in [0.4, 0.5) is 0 Å². The minimum Gasteiger partial charge on any atom is -0.454 e. The molecule has 1 heterocycles. The maximum absolute atomic E-state index is 11.5.